The Balaban J connectivity index is 1.76. The molecular weight excluding hydrogens is 280 g/mol. The minimum atomic E-state index is 0.548. The molecule has 3 aromatic rings. The summed E-state index contributed by atoms with van der Waals surface area (Å²) in [5.41, 5.74) is 9.50. The Kier molecular flexibility index (Phi) is 3.86. The summed E-state index contributed by atoms with van der Waals surface area (Å²) in [7, 11) is 0. The molecule has 0 spiro atoms. The van der Waals surface area contributed by atoms with Crippen LogP contribution in [-0.4, -0.2) is 9.97 Å². The Morgan fingerprint density at radius 2 is 2.05 bits per heavy atom. The molecule has 0 radical (unpaired) electrons. The number of aryl methyl sites for hydroxylation is 2. The maximum absolute atomic E-state index is 5.66. The van der Waals surface area contributed by atoms with E-state index in [1.807, 2.05) is 12.3 Å². The standard InChI is InChI=1S/C16H18N4S/c1-10-3-4-12(5-11(10)2)8-18-16-19-9-13-6-14(7-17)21-15(13)20-16/h3-6,9H,7-8,17H2,1-2H3,(H,18,19,20). The lowest BCUT2D eigenvalue weighted by Gasteiger charge is -2.07. The molecule has 0 fully saturated rings. The lowest BCUT2D eigenvalue weighted by atomic mass is 10.1. The molecule has 1 aromatic carbocycles. The van der Waals surface area contributed by atoms with Crippen LogP contribution in [0.25, 0.3) is 10.2 Å². The molecule has 5 heteroatoms. The first-order valence-corrected chi connectivity index (χ1v) is 7.73. The predicted molar refractivity (Wildman–Crippen MR) is 88.5 cm³/mol. The van der Waals surface area contributed by atoms with Crippen molar-refractivity contribution in [2.24, 2.45) is 5.73 Å². The third-order valence-electron chi connectivity index (χ3n) is 3.55. The van der Waals surface area contributed by atoms with E-state index in [1.54, 1.807) is 11.3 Å². The molecule has 0 bridgehead atoms. The number of nitrogens with one attached hydrogen (secondary N) is 1. The van der Waals surface area contributed by atoms with Crippen LogP contribution in [0.4, 0.5) is 5.95 Å². The Morgan fingerprint density at radius 1 is 1.19 bits per heavy atom. The van der Waals surface area contributed by atoms with Gasteiger partial charge in [-0.3, -0.25) is 0 Å². The van der Waals surface area contributed by atoms with Gasteiger partial charge in [-0.2, -0.15) is 0 Å². The van der Waals surface area contributed by atoms with Gasteiger partial charge in [0.15, 0.2) is 0 Å². The Morgan fingerprint density at radius 3 is 2.81 bits per heavy atom. The van der Waals surface area contributed by atoms with Crippen LogP contribution in [-0.2, 0) is 13.1 Å². The number of aromatic nitrogens is 2. The highest BCUT2D eigenvalue weighted by atomic mass is 32.1. The molecule has 0 aliphatic carbocycles. The average molecular weight is 298 g/mol. The van der Waals surface area contributed by atoms with E-state index in [0.29, 0.717) is 12.5 Å². The van der Waals surface area contributed by atoms with Crippen molar-refractivity contribution in [3.63, 3.8) is 0 Å². The fourth-order valence-corrected chi connectivity index (χ4v) is 3.04. The van der Waals surface area contributed by atoms with Gasteiger partial charge in [-0.05, 0) is 36.6 Å². The molecule has 0 aliphatic heterocycles. The van der Waals surface area contributed by atoms with Crippen molar-refractivity contribution < 1.29 is 0 Å². The number of thiophene rings is 1. The van der Waals surface area contributed by atoms with E-state index in [0.717, 1.165) is 21.6 Å². The highest BCUT2D eigenvalue weighted by Gasteiger charge is 2.05. The van der Waals surface area contributed by atoms with Gasteiger partial charge in [0.2, 0.25) is 5.95 Å². The van der Waals surface area contributed by atoms with E-state index in [2.05, 4.69) is 47.3 Å². The van der Waals surface area contributed by atoms with Crippen molar-refractivity contribution in [3.05, 3.63) is 52.0 Å². The van der Waals surface area contributed by atoms with Crippen molar-refractivity contribution in [1.82, 2.24) is 9.97 Å². The summed E-state index contributed by atoms with van der Waals surface area (Å²) in [6.45, 7) is 5.52. The lowest BCUT2D eigenvalue weighted by Crippen LogP contribution is -2.03. The number of anilines is 1. The maximum Gasteiger partial charge on any atom is 0.224 e. The van der Waals surface area contributed by atoms with Crippen molar-refractivity contribution in [3.8, 4) is 0 Å². The number of rotatable bonds is 4. The SMILES string of the molecule is Cc1ccc(CNc2ncc3cc(CN)sc3n2)cc1C. The van der Waals surface area contributed by atoms with Crippen molar-refractivity contribution in [2.75, 3.05) is 5.32 Å². The quantitative estimate of drug-likeness (QED) is 0.775. The second-order valence-electron chi connectivity index (χ2n) is 5.14. The second kappa shape index (κ2) is 5.79. The number of nitrogens with zero attached hydrogens (tertiary/aromatic N) is 2. The first-order valence-electron chi connectivity index (χ1n) is 6.91. The zero-order chi connectivity index (χ0) is 14.8. The molecular formula is C16H18N4S. The molecule has 21 heavy (non-hydrogen) atoms. The van der Waals surface area contributed by atoms with Gasteiger partial charge in [-0.25, -0.2) is 9.97 Å². The fourth-order valence-electron chi connectivity index (χ4n) is 2.16. The Labute approximate surface area is 128 Å². The summed E-state index contributed by atoms with van der Waals surface area (Å²) in [5.74, 6) is 0.658. The van der Waals surface area contributed by atoms with E-state index in [1.165, 1.54) is 16.7 Å². The highest BCUT2D eigenvalue weighted by molar-refractivity contribution is 7.18. The van der Waals surface area contributed by atoms with Gasteiger partial charge in [0.05, 0.1) is 0 Å². The zero-order valence-electron chi connectivity index (χ0n) is 12.2. The summed E-state index contributed by atoms with van der Waals surface area (Å²) in [4.78, 5) is 11.0. The number of nitrogens with two attached hydrogens (primary N) is 1. The Bertz CT molecular complexity index is 779. The lowest BCUT2D eigenvalue weighted by molar-refractivity contribution is 1.07. The van der Waals surface area contributed by atoms with Crippen LogP contribution < -0.4 is 11.1 Å². The number of hydrogen-bond acceptors (Lipinski definition) is 5. The number of hydrogen-bond donors (Lipinski definition) is 2. The Hall–Kier alpha value is -1.98. The minimum absolute atomic E-state index is 0.548. The van der Waals surface area contributed by atoms with E-state index >= 15 is 0 Å². The first-order chi connectivity index (χ1) is 10.2. The van der Waals surface area contributed by atoms with Crippen molar-refractivity contribution in [2.45, 2.75) is 26.9 Å². The van der Waals surface area contributed by atoms with Crippen LogP contribution >= 0.6 is 11.3 Å². The molecule has 2 aromatic heterocycles. The molecule has 0 aliphatic rings. The maximum atomic E-state index is 5.66. The van der Waals surface area contributed by atoms with Crippen molar-refractivity contribution in [1.29, 1.82) is 0 Å². The van der Waals surface area contributed by atoms with Gasteiger partial charge in [0.1, 0.15) is 4.83 Å². The minimum Gasteiger partial charge on any atom is -0.350 e. The largest absolute Gasteiger partial charge is 0.350 e. The van der Waals surface area contributed by atoms with Gasteiger partial charge in [0.25, 0.3) is 0 Å². The van der Waals surface area contributed by atoms with Crippen LogP contribution in [0.3, 0.4) is 0 Å². The summed E-state index contributed by atoms with van der Waals surface area (Å²) < 4.78 is 0. The normalized spacial score (nSPS) is 11.0. The van der Waals surface area contributed by atoms with Crippen LogP contribution in [0.5, 0.6) is 0 Å². The number of benzene rings is 1. The zero-order valence-corrected chi connectivity index (χ0v) is 13.0. The van der Waals surface area contributed by atoms with Gasteiger partial charge in [-0.1, -0.05) is 18.2 Å². The van der Waals surface area contributed by atoms with Crippen LogP contribution in [0.1, 0.15) is 21.6 Å². The van der Waals surface area contributed by atoms with E-state index < -0.39 is 0 Å². The smallest absolute Gasteiger partial charge is 0.224 e. The van der Waals surface area contributed by atoms with Crippen molar-refractivity contribution >= 4 is 27.5 Å². The molecule has 2 heterocycles. The third-order valence-corrected chi connectivity index (χ3v) is 4.61. The van der Waals surface area contributed by atoms with E-state index in [9.17, 15) is 0 Å². The van der Waals surface area contributed by atoms with E-state index in [4.69, 9.17) is 5.73 Å². The summed E-state index contributed by atoms with van der Waals surface area (Å²) in [5, 5.41) is 4.33. The molecule has 3 rings (SSSR count). The summed E-state index contributed by atoms with van der Waals surface area (Å²) >= 11 is 1.62. The van der Waals surface area contributed by atoms with Crippen LogP contribution in [0, 0.1) is 13.8 Å². The van der Waals surface area contributed by atoms with Gasteiger partial charge < -0.3 is 11.1 Å². The molecule has 0 saturated heterocycles. The molecule has 4 nitrogen and oxygen atoms in total. The van der Waals surface area contributed by atoms with Crippen LogP contribution in [0.2, 0.25) is 0 Å². The molecule has 0 amide bonds. The van der Waals surface area contributed by atoms with Gasteiger partial charge in [0, 0.05) is 29.5 Å². The molecule has 0 unspecified atom stereocenters. The predicted octanol–water partition coefficient (Wildman–Crippen LogP) is 3.38. The molecule has 108 valence electrons. The summed E-state index contributed by atoms with van der Waals surface area (Å²) in [6, 6.07) is 8.51. The van der Waals surface area contributed by atoms with Gasteiger partial charge in [-0.15, -0.1) is 11.3 Å². The third kappa shape index (κ3) is 3.04. The monoisotopic (exact) mass is 298 g/mol. The first kappa shape index (κ1) is 14.0. The molecule has 0 saturated carbocycles. The average Bonchev–Trinajstić information content (AvgIpc) is 2.90. The second-order valence-corrected chi connectivity index (χ2v) is 6.26. The van der Waals surface area contributed by atoms with Gasteiger partial charge >= 0.3 is 0 Å². The highest BCUT2D eigenvalue weighted by Crippen LogP contribution is 2.23. The van der Waals surface area contributed by atoms with E-state index in [-0.39, 0.29) is 0 Å². The summed E-state index contributed by atoms with van der Waals surface area (Å²) in [6.07, 6.45) is 1.85. The fraction of sp³-hybridized carbons (Fsp3) is 0.250. The molecule has 3 N–H and O–H groups in total. The number of fused-ring (bicyclic) bond motifs is 1. The molecule has 0 atom stereocenters. The van der Waals surface area contributed by atoms with Crippen LogP contribution in [0.15, 0.2) is 30.5 Å². The topological polar surface area (TPSA) is 63.8 Å².